The zero-order valence-corrected chi connectivity index (χ0v) is 14.8. The molecule has 1 aromatic heterocycles. The predicted octanol–water partition coefficient (Wildman–Crippen LogP) is 1.54. The zero-order chi connectivity index (χ0) is 18.0. The number of sulfonamides is 1. The minimum absolute atomic E-state index is 0.0499. The van der Waals surface area contributed by atoms with E-state index < -0.39 is 21.4 Å². The number of hydrogen-bond donors (Lipinski definition) is 2. The third-order valence-electron chi connectivity index (χ3n) is 4.57. The van der Waals surface area contributed by atoms with Crippen LogP contribution in [-0.2, 0) is 10.0 Å². The van der Waals surface area contributed by atoms with Gasteiger partial charge in [-0.25, -0.2) is 22.1 Å². The smallest absolute Gasteiger partial charge is 0.263 e. The predicted molar refractivity (Wildman–Crippen MR) is 94.6 cm³/mol. The minimum Gasteiger partial charge on any atom is -0.355 e. The van der Waals surface area contributed by atoms with Crippen molar-refractivity contribution in [1.82, 2.24) is 14.3 Å². The van der Waals surface area contributed by atoms with E-state index in [9.17, 15) is 17.6 Å². The van der Waals surface area contributed by atoms with Crippen molar-refractivity contribution in [3.63, 3.8) is 0 Å². The molecule has 0 amide bonds. The summed E-state index contributed by atoms with van der Waals surface area (Å²) in [6, 6.07) is 4.33. The van der Waals surface area contributed by atoms with Gasteiger partial charge >= 0.3 is 0 Å². The molecule has 0 aliphatic carbocycles. The molecule has 136 valence electrons. The summed E-state index contributed by atoms with van der Waals surface area (Å²) in [5.74, 6) is 0.111. The first-order valence-corrected chi connectivity index (χ1v) is 9.92. The normalized spacial score (nSPS) is 17.0. The molecule has 0 atom stereocenters. The topological polar surface area (TPSA) is 95.2 Å². The van der Waals surface area contributed by atoms with Crippen molar-refractivity contribution >= 4 is 26.9 Å². The molecule has 2 N–H and O–H groups in total. The molecule has 1 aromatic carbocycles. The Kier molecular flexibility index (Phi) is 5.05. The molecule has 0 bridgehead atoms. The maximum absolute atomic E-state index is 13.7. The van der Waals surface area contributed by atoms with Crippen LogP contribution in [0.25, 0.3) is 10.9 Å². The maximum Gasteiger partial charge on any atom is 0.263 e. The van der Waals surface area contributed by atoms with Crippen LogP contribution in [0.15, 0.2) is 23.0 Å². The molecular weight excluding hydrogens is 347 g/mol. The number of fused-ring (bicyclic) bond motifs is 1. The second kappa shape index (κ2) is 7.09. The lowest BCUT2D eigenvalue weighted by molar-refractivity contribution is 0.282. The van der Waals surface area contributed by atoms with E-state index in [4.69, 9.17) is 0 Å². The number of halogens is 1. The molecule has 25 heavy (non-hydrogen) atoms. The van der Waals surface area contributed by atoms with Gasteiger partial charge in [-0.3, -0.25) is 9.78 Å². The Labute approximate surface area is 145 Å². The molecule has 0 saturated carbocycles. The molecule has 1 aliphatic heterocycles. The molecule has 1 aliphatic rings. The Morgan fingerprint density at radius 3 is 2.76 bits per heavy atom. The van der Waals surface area contributed by atoms with E-state index in [2.05, 4.69) is 15.3 Å². The number of hydrogen-bond acceptors (Lipinski definition) is 5. The van der Waals surface area contributed by atoms with E-state index in [0.717, 1.165) is 12.8 Å². The SMILES string of the molecule is CCS(=O)(=O)N1CCC(CNc2nc3cccc(F)c3c(=O)[nH]2)CC1. The Morgan fingerprint density at radius 2 is 2.08 bits per heavy atom. The molecule has 0 radical (unpaired) electrons. The number of anilines is 1. The van der Waals surface area contributed by atoms with Gasteiger partial charge in [0.15, 0.2) is 0 Å². The van der Waals surface area contributed by atoms with E-state index in [1.807, 2.05) is 0 Å². The van der Waals surface area contributed by atoms with Crippen LogP contribution >= 0.6 is 0 Å². The fourth-order valence-electron chi connectivity index (χ4n) is 3.05. The van der Waals surface area contributed by atoms with Gasteiger partial charge in [-0.05, 0) is 37.8 Å². The van der Waals surface area contributed by atoms with Crippen molar-refractivity contribution in [3.8, 4) is 0 Å². The quantitative estimate of drug-likeness (QED) is 0.835. The van der Waals surface area contributed by atoms with E-state index >= 15 is 0 Å². The van der Waals surface area contributed by atoms with Crippen LogP contribution in [0.3, 0.4) is 0 Å². The Balaban J connectivity index is 1.64. The first kappa shape index (κ1) is 17.8. The highest BCUT2D eigenvalue weighted by atomic mass is 32.2. The summed E-state index contributed by atoms with van der Waals surface area (Å²) in [6.45, 7) is 3.24. The number of rotatable bonds is 5. The van der Waals surface area contributed by atoms with Gasteiger partial charge in [-0.2, -0.15) is 0 Å². The second-order valence-corrected chi connectivity index (χ2v) is 8.43. The van der Waals surface area contributed by atoms with Gasteiger partial charge in [0.25, 0.3) is 5.56 Å². The Bertz CT molecular complexity index is 921. The van der Waals surface area contributed by atoms with Crippen molar-refractivity contribution in [3.05, 3.63) is 34.4 Å². The average Bonchev–Trinajstić information content (AvgIpc) is 2.60. The number of H-pyrrole nitrogens is 1. The molecular formula is C16H21FN4O3S. The van der Waals surface area contributed by atoms with Crippen LogP contribution in [0.5, 0.6) is 0 Å². The van der Waals surface area contributed by atoms with E-state index in [1.165, 1.54) is 16.4 Å². The Hall–Kier alpha value is -2.00. The standard InChI is InChI=1S/C16H21FN4O3S/c1-2-25(23,24)21-8-6-11(7-9-21)10-18-16-19-13-5-3-4-12(17)14(13)15(22)20-16/h3-5,11H,2,6-10H2,1H3,(H2,18,19,20,22). The van der Waals surface area contributed by atoms with Crippen molar-refractivity contribution in [2.24, 2.45) is 5.92 Å². The van der Waals surface area contributed by atoms with Crippen LogP contribution in [0, 0.1) is 11.7 Å². The summed E-state index contributed by atoms with van der Waals surface area (Å²) in [6.07, 6.45) is 1.50. The van der Waals surface area contributed by atoms with Gasteiger partial charge in [0.1, 0.15) is 11.2 Å². The van der Waals surface area contributed by atoms with Gasteiger partial charge in [0.05, 0.1) is 11.3 Å². The highest BCUT2D eigenvalue weighted by molar-refractivity contribution is 7.89. The molecule has 1 fully saturated rings. The summed E-state index contributed by atoms with van der Waals surface area (Å²) in [5, 5.41) is 3.03. The van der Waals surface area contributed by atoms with E-state index in [-0.39, 0.29) is 17.1 Å². The average molecular weight is 368 g/mol. The number of piperidine rings is 1. The van der Waals surface area contributed by atoms with Crippen LogP contribution < -0.4 is 10.9 Å². The van der Waals surface area contributed by atoms with E-state index in [1.54, 1.807) is 13.0 Å². The van der Waals surface area contributed by atoms with E-state index in [0.29, 0.717) is 31.1 Å². The van der Waals surface area contributed by atoms with Gasteiger partial charge in [0.2, 0.25) is 16.0 Å². The number of benzene rings is 1. The molecule has 2 heterocycles. The number of aromatic amines is 1. The zero-order valence-electron chi connectivity index (χ0n) is 14.0. The van der Waals surface area contributed by atoms with Gasteiger partial charge < -0.3 is 5.32 Å². The monoisotopic (exact) mass is 368 g/mol. The molecule has 7 nitrogen and oxygen atoms in total. The summed E-state index contributed by atoms with van der Waals surface area (Å²) < 4.78 is 38.9. The van der Waals surface area contributed by atoms with Gasteiger partial charge in [-0.1, -0.05) is 6.07 Å². The summed E-state index contributed by atoms with van der Waals surface area (Å²) in [7, 11) is -3.13. The summed E-state index contributed by atoms with van der Waals surface area (Å²) >= 11 is 0. The van der Waals surface area contributed by atoms with Crippen LogP contribution in [0.2, 0.25) is 0 Å². The third-order valence-corrected chi connectivity index (χ3v) is 6.45. The summed E-state index contributed by atoms with van der Waals surface area (Å²) in [5.41, 5.74) is -0.218. The highest BCUT2D eigenvalue weighted by Gasteiger charge is 2.26. The van der Waals surface area contributed by atoms with Gasteiger partial charge in [0, 0.05) is 19.6 Å². The first-order chi connectivity index (χ1) is 11.9. The number of aromatic nitrogens is 2. The largest absolute Gasteiger partial charge is 0.355 e. The van der Waals surface area contributed by atoms with Crippen molar-refractivity contribution in [2.45, 2.75) is 19.8 Å². The molecule has 9 heteroatoms. The lowest BCUT2D eigenvalue weighted by Crippen LogP contribution is -2.40. The fourth-order valence-corrected chi connectivity index (χ4v) is 4.18. The second-order valence-electron chi connectivity index (χ2n) is 6.17. The number of nitrogens with zero attached hydrogens (tertiary/aromatic N) is 2. The molecule has 0 spiro atoms. The fraction of sp³-hybridized carbons (Fsp3) is 0.500. The van der Waals surface area contributed by atoms with Gasteiger partial charge in [-0.15, -0.1) is 0 Å². The lowest BCUT2D eigenvalue weighted by Gasteiger charge is -2.31. The minimum atomic E-state index is -3.13. The van der Waals surface area contributed by atoms with Crippen molar-refractivity contribution < 1.29 is 12.8 Å². The third kappa shape index (κ3) is 3.82. The first-order valence-electron chi connectivity index (χ1n) is 8.31. The maximum atomic E-state index is 13.7. The van der Waals surface area contributed by atoms with Crippen LogP contribution in [0.4, 0.5) is 10.3 Å². The molecule has 1 saturated heterocycles. The van der Waals surface area contributed by atoms with Crippen LogP contribution in [-0.4, -0.2) is 48.1 Å². The van der Waals surface area contributed by atoms with Crippen molar-refractivity contribution in [1.29, 1.82) is 0 Å². The number of nitrogens with one attached hydrogen (secondary N) is 2. The van der Waals surface area contributed by atoms with Crippen molar-refractivity contribution in [2.75, 3.05) is 30.7 Å². The highest BCUT2D eigenvalue weighted by Crippen LogP contribution is 2.20. The van der Waals surface area contributed by atoms with Crippen LogP contribution in [0.1, 0.15) is 19.8 Å². The summed E-state index contributed by atoms with van der Waals surface area (Å²) in [4.78, 5) is 18.8. The lowest BCUT2D eigenvalue weighted by atomic mass is 9.98. The Morgan fingerprint density at radius 1 is 1.36 bits per heavy atom. The molecule has 3 rings (SSSR count). The molecule has 2 aromatic rings. The molecule has 0 unspecified atom stereocenters.